The van der Waals surface area contributed by atoms with Crippen LogP contribution in [0.3, 0.4) is 0 Å². The molecular formula is C15H19ClFNO2. The number of carbonyl (C=O) groups excluding carboxylic acids is 1. The summed E-state index contributed by atoms with van der Waals surface area (Å²) in [5.74, 6) is -0.910. The van der Waals surface area contributed by atoms with Crippen LogP contribution in [-0.2, 0) is 0 Å². The fourth-order valence-corrected chi connectivity index (χ4v) is 2.93. The molecule has 3 nitrogen and oxygen atoms in total. The molecule has 1 aromatic rings. The number of benzene rings is 1. The van der Waals surface area contributed by atoms with Crippen LogP contribution in [0.5, 0.6) is 0 Å². The number of nitrogens with one attached hydrogen (secondary N) is 1. The van der Waals surface area contributed by atoms with E-state index in [9.17, 15) is 14.3 Å². The molecule has 0 heterocycles. The Morgan fingerprint density at radius 2 is 2.10 bits per heavy atom. The van der Waals surface area contributed by atoms with Crippen molar-refractivity contribution in [2.75, 3.05) is 6.61 Å². The van der Waals surface area contributed by atoms with Gasteiger partial charge in [0.25, 0.3) is 5.91 Å². The molecule has 1 aliphatic carbocycles. The molecule has 110 valence electrons. The largest absolute Gasteiger partial charge is 0.396 e. The number of carbonyl (C=O) groups is 1. The van der Waals surface area contributed by atoms with Crippen molar-refractivity contribution >= 4 is 17.5 Å². The van der Waals surface area contributed by atoms with Crippen LogP contribution >= 0.6 is 11.6 Å². The van der Waals surface area contributed by atoms with Crippen molar-refractivity contribution in [2.24, 2.45) is 5.92 Å². The van der Waals surface area contributed by atoms with Crippen molar-refractivity contribution < 1.29 is 14.3 Å². The Kier molecular flexibility index (Phi) is 5.38. The van der Waals surface area contributed by atoms with Crippen LogP contribution in [0.15, 0.2) is 18.2 Å². The standard InChI is InChI=1S/C15H19ClFNO2/c16-14-11(6-4-7-12(14)17)15(20)18-13-8-3-1-2-5-10(13)9-19/h4,6-7,10,13,19H,1-3,5,8-9H2,(H,18,20). The maximum absolute atomic E-state index is 13.4. The topological polar surface area (TPSA) is 49.3 Å². The monoisotopic (exact) mass is 299 g/mol. The molecule has 1 amide bonds. The van der Waals surface area contributed by atoms with Crippen LogP contribution in [0, 0.1) is 11.7 Å². The second-order valence-electron chi connectivity index (χ2n) is 5.26. The summed E-state index contributed by atoms with van der Waals surface area (Å²) < 4.78 is 13.4. The van der Waals surface area contributed by atoms with Crippen LogP contribution in [0.2, 0.25) is 5.02 Å². The lowest BCUT2D eigenvalue weighted by atomic mass is 9.95. The number of aliphatic hydroxyl groups is 1. The summed E-state index contributed by atoms with van der Waals surface area (Å²) in [5.41, 5.74) is 0.146. The summed E-state index contributed by atoms with van der Waals surface area (Å²) in [4.78, 5) is 12.2. The van der Waals surface area contributed by atoms with Gasteiger partial charge < -0.3 is 10.4 Å². The third kappa shape index (κ3) is 3.49. The van der Waals surface area contributed by atoms with Crippen LogP contribution < -0.4 is 5.32 Å². The highest BCUT2D eigenvalue weighted by Gasteiger charge is 2.25. The molecule has 0 spiro atoms. The summed E-state index contributed by atoms with van der Waals surface area (Å²) in [6.45, 7) is 0.0574. The molecule has 2 N–H and O–H groups in total. The van der Waals surface area contributed by atoms with Crippen LogP contribution in [0.1, 0.15) is 42.5 Å². The number of hydrogen-bond donors (Lipinski definition) is 2. The summed E-state index contributed by atoms with van der Waals surface area (Å²) in [7, 11) is 0. The zero-order valence-corrected chi connectivity index (χ0v) is 12.0. The third-order valence-electron chi connectivity index (χ3n) is 3.91. The Morgan fingerprint density at radius 1 is 1.35 bits per heavy atom. The third-order valence-corrected chi connectivity index (χ3v) is 4.29. The zero-order chi connectivity index (χ0) is 14.5. The Labute approximate surface area is 123 Å². The Hall–Kier alpha value is -1.13. The normalized spacial score (nSPS) is 23.1. The van der Waals surface area contributed by atoms with Crippen LogP contribution in [0.25, 0.3) is 0 Å². The zero-order valence-electron chi connectivity index (χ0n) is 11.2. The SMILES string of the molecule is O=C(NC1CCCCCC1CO)c1cccc(F)c1Cl. The summed E-state index contributed by atoms with van der Waals surface area (Å²) in [6, 6.07) is 4.12. The van der Waals surface area contributed by atoms with Gasteiger partial charge in [0.1, 0.15) is 5.82 Å². The molecule has 0 saturated heterocycles. The van der Waals surface area contributed by atoms with E-state index in [-0.39, 0.29) is 35.1 Å². The average molecular weight is 300 g/mol. The van der Waals surface area contributed by atoms with Gasteiger partial charge in [-0.2, -0.15) is 0 Å². The predicted octanol–water partition coefficient (Wildman–Crippen LogP) is 3.15. The molecule has 20 heavy (non-hydrogen) atoms. The first kappa shape index (κ1) is 15.3. The Morgan fingerprint density at radius 3 is 2.85 bits per heavy atom. The van der Waals surface area contributed by atoms with Gasteiger partial charge in [-0.05, 0) is 25.0 Å². The first-order chi connectivity index (χ1) is 9.63. The maximum Gasteiger partial charge on any atom is 0.253 e. The van der Waals surface area contributed by atoms with Crippen molar-refractivity contribution in [3.63, 3.8) is 0 Å². The molecular weight excluding hydrogens is 281 g/mol. The first-order valence-corrected chi connectivity index (χ1v) is 7.37. The van der Waals surface area contributed by atoms with Gasteiger partial charge in [-0.3, -0.25) is 4.79 Å². The Bertz CT molecular complexity index is 481. The second-order valence-corrected chi connectivity index (χ2v) is 5.64. The van der Waals surface area contributed by atoms with Gasteiger partial charge in [0.05, 0.1) is 10.6 Å². The minimum atomic E-state index is -0.598. The van der Waals surface area contributed by atoms with E-state index in [1.54, 1.807) is 0 Å². The Balaban J connectivity index is 2.11. The van der Waals surface area contributed by atoms with E-state index in [0.717, 1.165) is 32.1 Å². The lowest BCUT2D eigenvalue weighted by molar-refractivity contribution is 0.0899. The molecule has 0 radical (unpaired) electrons. The minimum Gasteiger partial charge on any atom is -0.396 e. The average Bonchev–Trinajstić information content (AvgIpc) is 2.66. The van der Waals surface area contributed by atoms with Gasteiger partial charge in [0, 0.05) is 18.6 Å². The van der Waals surface area contributed by atoms with E-state index in [1.807, 2.05) is 0 Å². The van der Waals surface area contributed by atoms with Gasteiger partial charge in [-0.15, -0.1) is 0 Å². The molecule has 0 bridgehead atoms. The molecule has 1 aliphatic rings. The van der Waals surface area contributed by atoms with Gasteiger partial charge in [0.2, 0.25) is 0 Å². The highest BCUT2D eigenvalue weighted by atomic mass is 35.5. The predicted molar refractivity (Wildman–Crippen MR) is 76.3 cm³/mol. The maximum atomic E-state index is 13.4. The molecule has 2 rings (SSSR count). The second kappa shape index (κ2) is 7.04. The minimum absolute atomic E-state index is 0.0574. The molecule has 1 saturated carbocycles. The van der Waals surface area contributed by atoms with Gasteiger partial charge in [-0.1, -0.05) is 36.9 Å². The number of hydrogen-bond acceptors (Lipinski definition) is 2. The molecule has 1 fully saturated rings. The van der Waals surface area contributed by atoms with Crippen LogP contribution in [0.4, 0.5) is 4.39 Å². The fourth-order valence-electron chi connectivity index (χ4n) is 2.72. The lowest BCUT2D eigenvalue weighted by Crippen LogP contribution is -2.41. The molecule has 0 aromatic heterocycles. The summed E-state index contributed by atoms with van der Waals surface area (Å²) in [5, 5.41) is 12.2. The highest BCUT2D eigenvalue weighted by molar-refractivity contribution is 6.34. The van der Waals surface area contributed by atoms with E-state index >= 15 is 0 Å². The van der Waals surface area contributed by atoms with Gasteiger partial charge in [0.15, 0.2) is 0 Å². The van der Waals surface area contributed by atoms with E-state index < -0.39 is 5.82 Å². The molecule has 5 heteroatoms. The smallest absolute Gasteiger partial charge is 0.253 e. The summed E-state index contributed by atoms with van der Waals surface area (Å²) in [6.07, 6.45) is 4.95. The van der Waals surface area contributed by atoms with E-state index in [2.05, 4.69) is 5.32 Å². The molecule has 1 aromatic carbocycles. The van der Waals surface area contributed by atoms with Crippen molar-refractivity contribution in [1.29, 1.82) is 0 Å². The first-order valence-electron chi connectivity index (χ1n) is 6.99. The quantitative estimate of drug-likeness (QED) is 0.842. The van der Waals surface area contributed by atoms with E-state index in [4.69, 9.17) is 11.6 Å². The van der Waals surface area contributed by atoms with Gasteiger partial charge in [-0.25, -0.2) is 4.39 Å². The molecule has 2 unspecified atom stereocenters. The van der Waals surface area contributed by atoms with Crippen LogP contribution in [-0.4, -0.2) is 23.7 Å². The number of aliphatic hydroxyl groups excluding tert-OH is 1. The van der Waals surface area contributed by atoms with Crippen molar-refractivity contribution in [1.82, 2.24) is 5.32 Å². The number of halogens is 2. The van der Waals surface area contributed by atoms with Crippen molar-refractivity contribution in [3.05, 3.63) is 34.6 Å². The fraction of sp³-hybridized carbons (Fsp3) is 0.533. The van der Waals surface area contributed by atoms with Gasteiger partial charge >= 0.3 is 0 Å². The van der Waals surface area contributed by atoms with Crippen molar-refractivity contribution in [2.45, 2.75) is 38.1 Å². The van der Waals surface area contributed by atoms with E-state index in [0.29, 0.717) is 0 Å². The summed E-state index contributed by atoms with van der Waals surface area (Å²) >= 11 is 5.82. The number of rotatable bonds is 3. The number of amides is 1. The molecule has 0 aliphatic heterocycles. The highest BCUT2D eigenvalue weighted by Crippen LogP contribution is 2.25. The lowest BCUT2D eigenvalue weighted by Gasteiger charge is -2.24. The molecule has 2 atom stereocenters. The van der Waals surface area contributed by atoms with Crippen molar-refractivity contribution in [3.8, 4) is 0 Å². The van der Waals surface area contributed by atoms with E-state index in [1.165, 1.54) is 18.2 Å².